The van der Waals surface area contributed by atoms with Gasteiger partial charge >= 0.3 is 5.97 Å². The molecule has 29 heavy (non-hydrogen) atoms. The molecule has 1 aromatic heterocycles. The third-order valence-corrected chi connectivity index (χ3v) is 6.65. The van der Waals surface area contributed by atoms with Gasteiger partial charge in [-0.3, -0.25) is 4.79 Å². The van der Waals surface area contributed by atoms with Crippen LogP contribution in [0.25, 0.3) is 0 Å². The molecule has 1 aromatic carbocycles. The van der Waals surface area contributed by atoms with E-state index in [1.54, 1.807) is 12.1 Å². The number of thiophene rings is 1. The number of nitrogens with zero attached hydrogens (tertiary/aromatic N) is 1. The molecule has 0 saturated heterocycles. The molecule has 1 aliphatic rings. The topological polar surface area (TPSA) is 79.2 Å². The number of aryl methyl sites for hydroxylation is 1. The predicted molar refractivity (Wildman–Crippen MR) is 114 cm³/mol. The molecule has 5 nitrogen and oxygen atoms in total. The lowest BCUT2D eigenvalue weighted by molar-refractivity contribution is -0.119. The van der Waals surface area contributed by atoms with Crippen LogP contribution in [-0.4, -0.2) is 18.5 Å². The minimum atomic E-state index is -0.542. The van der Waals surface area contributed by atoms with Crippen molar-refractivity contribution in [2.45, 2.75) is 47.0 Å². The summed E-state index contributed by atoms with van der Waals surface area (Å²) in [4.78, 5) is 25.6. The molecule has 152 valence electrons. The first-order chi connectivity index (χ1) is 13.7. The summed E-state index contributed by atoms with van der Waals surface area (Å²) in [5.74, 6) is -0.425. The third kappa shape index (κ3) is 4.86. The number of carbonyl (C=O) groups excluding carboxylic acids is 2. The van der Waals surface area contributed by atoms with Crippen LogP contribution in [-0.2, 0) is 22.4 Å². The SMILES string of the molecule is Cc1ccc(C(=O)OCC(=O)Nc2sc3c(c2C#N)CC[C@H](C(C)(C)C)C3)cc1. The lowest BCUT2D eigenvalue weighted by atomic mass is 9.72. The molecular formula is C23H26N2O3S. The first-order valence-electron chi connectivity index (χ1n) is 9.77. The molecule has 1 N–H and O–H groups in total. The largest absolute Gasteiger partial charge is 0.452 e. The highest BCUT2D eigenvalue weighted by molar-refractivity contribution is 7.16. The smallest absolute Gasteiger partial charge is 0.338 e. The average Bonchev–Trinajstić information content (AvgIpc) is 3.02. The van der Waals surface area contributed by atoms with Gasteiger partial charge in [0, 0.05) is 4.88 Å². The van der Waals surface area contributed by atoms with Crippen molar-refractivity contribution in [3.8, 4) is 6.07 Å². The van der Waals surface area contributed by atoms with Gasteiger partial charge in [-0.25, -0.2) is 4.79 Å². The molecule has 0 saturated carbocycles. The second-order valence-corrected chi connectivity index (χ2v) is 9.72. The normalized spacial score (nSPS) is 15.9. The molecule has 0 bridgehead atoms. The Morgan fingerprint density at radius 3 is 2.59 bits per heavy atom. The van der Waals surface area contributed by atoms with Crippen molar-refractivity contribution in [1.82, 2.24) is 0 Å². The van der Waals surface area contributed by atoms with Crippen molar-refractivity contribution < 1.29 is 14.3 Å². The maximum atomic E-state index is 12.3. The lowest BCUT2D eigenvalue weighted by Crippen LogP contribution is -2.26. The molecule has 0 unspecified atom stereocenters. The molecule has 1 heterocycles. The molecule has 1 amide bonds. The highest BCUT2D eigenvalue weighted by Gasteiger charge is 2.32. The van der Waals surface area contributed by atoms with Crippen LogP contribution < -0.4 is 5.32 Å². The van der Waals surface area contributed by atoms with Crippen molar-refractivity contribution in [2.75, 3.05) is 11.9 Å². The number of fused-ring (bicyclic) bond motifs is 1. The molecule has 0 radical (unpaired) electrons. The van der Waals surface area contributed by atoms with Crippen LogP contribution >= 0.6 is 11.3 Å². The number of anilines is 1. The van der Waals surface area contributed by atoms with E-state index in [9.17, 15) is 14.9 Å². The summed E-state index contributed by atoms with van der Waals surface area (Å²) < 4.78 is 5.11. The predicted octanol–water partition coefficient (Wildman–Crippen LogP) is 4.87. The third-order valence-electron chi connectivity index (χ3n) is 5.48. The monoisotopic (exact) mass is 410 g/mol. The zero-order chi connectivity index (χ0) is 21.2. The summed E-state index contributed by atoms with van der Waals surface area (Å²) in [5, 5.41) is 12.9. The fourth-order valence-corrected chi connectivity index (χ4v) is 4.89. The number of carbonyl (C=O) groups is 2. The van der Waals surface area contributed by atoms with Crippen LogP contribution in [0.1, 0.15) is 59.1 Å². The second kappa shape index (κ2) is 8.38. The van der Waals surface area contributed by atoms with Crippen LogP contribution in [0.15, 0.2) is 24.3 Å². The summed E-state index contributed by atoms with van der Waals surface area (Å²) >= 11 is 1.47. The van der Waals surface area contributed by atoms with Crippen LogP contribution in [0.4, 0.5) is 5.00 Å². The van der Waals surface area contributed by atoms with Gasteiger partial charge in [0.05, 0.1) is 11.1 Å². The van der Waals surface area contributed by atoms with E-state index in [0.717, 1.165) is 30.4 Å². The Hall–Kier alpha value is -2.65. The van der Waals surface area contributed by atoms with Gasteiger partial charge in [0.1, 0.15) is 11.1 Å². The number of nitrogens with one attached hydrogen (secondary N) is 1. The van der Waals surface area contributed by atoms with Gasteiger partial charge < -0.3 is 10.1 Å². The Kier molecular flexibility index (Phi) is 6.09. The number of nitriles is 1. The van der Waals surface area contributed by atoms with E-state index in [4.69, 9.17) is 4.74 Å². The molecule has 0 aliphatic heterocycles. The highest BCUT2D eigenvalue weighted by atomic mass is 32.1. The number of amides is 1. The first-order valence-corrected chi connectivity index (χ1v) is 10.6. The molecule has 0 spiro atoms. The van der Waals surface area contributed by atoms with E-state index >= 15 is 0 Å². The average molecular weight is 411 g/mol. The van der Waals surface area contributed by atoms with E-state index in [0.29, 0.717) is 22.0 Å². The van der Waals surface area contributed by atoms with E-state index in [2.05, 4.69) is 32.2 Å². The van der Waals surface area contributed by atoms with Crippen LogP contribution in [0.3, 0.4) is 0 Å². The molecule has 6 heteroatoms. The first kappa shape index (κ1) is 21.1. The van der Waals surface area contributed by atoms with E-state index in [1.165, 1.54) is 16.2 Å². The summed E-state index contributed by atoms with van der Waals surface area (Å²) in [6.07, 6.45) is 2.83. The zero-order valence-electron chi connectivity index (χ0n) is 17.3. The van der Waals surface area contributed by atoms with Gasteiger partial charge in [0.15, 0.2) is 6.61 Å². The summed E-state index contributed by atoms with van der Waals surface area (Å²) in [6, 6.07) is 9.22. The number of ether oxygens (including phenoxy) is 1. The molecule has 0 fully saturated rings. The minimum Gasteiger partial charge on any atom is -0.452 e. The number of benzene rings is 1. The fourth-order valence-electron chi connectivity index (χ4n) is 3.60. The van der Waals surface area contributed by atoms with Gasteiger partial charge in [-0.2, -0.15) is 5.26 Å². The Labute approximate surface area is 175 Å². The molecular weight excluding hydrogens is 384 g/mol. The van der Waals surface area contributed by atoms with Gasteiger partial charge in [0.2, 0.25) is 0 Å². The molecule has 3 rings (SSSR count). The quantitative estimate of drug-likeness (QED) is 0.729. The van der Waals surface area contributed by atoms with Crippen molar-refractivity contribution in [1.29, 1.82) is 5.26 Å². The maximum Gasteiger partial charge on any atom is 0.338 e. The molecule has 1 atom stereocenters. The highest BCUT2D eigenvalue weighted by Crippen LogP contribution is 2.43. The zero-order valence-corrected chi connectivity index (χ0v) is 18.1. The number of hydrogen-bond donors (Lipinski definition) is 1. The van der Waals surface area contributed by atoms with Crippen LogP contribution in [0, 0.1) is 29.6 Å². The van der Waals surface area contributed by atoms with Gasteiger partial charge in [-0.1, -0.05) is 38.5 Å². The minimum absolute atomic E-state index is 0.210. The summed E-state index contributed by atoms with van der Waals surface area (Å²) in [5.41, 5.74) is 3.27. The van der Waals surface area contributed by atoms with E-state index < -0.39 is 11.9 Å². The Balaban J connectivity index is 1.65. The standard InChI is InChI=1S/C23H26N2O3S/c1-14-5-7-15(8-6-14)22(27)28-13-20(26)25-21-18(12-24)17-10-9-16(23(2,3)4)11-19(17)29-21/h5-8,16H,9-11,13H2,1-4H3,(H,25,26)/t16-/m0/s1. The van der Waals surface area contributed by atoms with Gasteiger partial charge in [-0.15, -0.1) is 11.3 Å². The number of esters is 1. The Morgan fingerprint density at radius 2 is 1.97 bits per heavy atom. The number of hydrogen-bond acceptors (Lipinski definition) is 5. The van der Waals surface area contributed by atoms with Gasteiger partial charge in [-0.05, 0) is 55.2 Å². The summed E-state index contributed by atoms with van der Waals surface area (Å²) in [7, 11) is 0. The van der Waals surface area contributed by atoms with Crippen molar-refractivity contribution in [3.63, 3.8) is 0 Å². The van der Waals surface area contributed by atoms with Crippen LogP contribution in [0.5, 0.6) is 0 Å². The summed E-state index contributed by atoms with van der Waals surface area (Å²) in [6.45, 7) is 8.27. The molecule has 1 aliphatic carbocycles. The van der Waals surface area contributed by atoms with Crippen molar-refractivity contribution in [2.24, 2.45) is 11.3 Å². The maximum absolute atomic E-state index is 12.3. The van der Waals surface area contributed by atoms with Crippen LogP contribution in [0.2, 0.25) is 0 Å². The fraction of sp³-hybridized carbons (Fsp3) is 0.435. The van der Waals surface area contributed by atoms with Crippen molar-refractivity contribution >= 4 is 28.2 Å². The van der Waals surface area contributed by atoms with Crippen molar-refractivity contribution in [3.05, 3.63) is 51.4 Å². The molecule has 2 aromatic rings. The van der Waals surface area contributed by atoms with E-state index in [1.807, 2.05) is 19.1 Å². The lowest BCUT2D eigenvalue weighted by Gasteiger charge is -2.33. The Bertz CT molecular complexity index is 962. The Morgan fingerprint density at radius 1 is 1.28 bits per heavy atom. The van der Waals surface area contributed by atoms with Gasteiger partial charge in [0.25, 0.3) is 5.91 Å². The second-order valence-electron chi connectivity index (χ2n) is 8.62. The van der Waals surface area contributed by atoms with E-state index in [-0.39, 0.29) is 12.0 Å². The number of rotatable bonds is 4.